The van der Waals surface area contributed by atoms with E-state index in [1.165, 1.54) is 23.5 Å². The third kappa shape index (κ3) is 3.18. The van der Waals surface area contributed by atoms with E-state index in [4.69, 9.17) is 9.15 Å². The van der Waals surface area contributed by atoms with E-state index in [9.17, 15) is 13.2 Å². The number of nitrogens with zero attached hydrogens (tertiary/aromatic N) is 1. The number of hydrogen-bond donors (Lipinski definition) is 0. The average Bonchev–Trinajstić information content (AvgIpc) is 2.77. The molecule has 1 heterocycles. The summed E-state index contributed by atoms with van der Waals surface area (Å²) in [6.45, 7) is 4.04. The predicted octanol–water partition coefficient (Wildman–Crippen LogP) is 1.14. The van der Waals surface area contributed by atoms with Crippen molar-refractivity contribution >= 4 is 16.3 Å². The number of furan rings is 1. The van der Waals surface area contributed by atoms with Crippen LogP contribution in [0.3, 0.4) is 0 Å². The van der Waals surface area contributed by atoms with E-state index in [2.05, 4.69) is 0 Å². The van der Waals surface area contributed by atoms with Gasteiger partial charge in [0.2, 0.25) is 5.09 Å². The lowest BCUT2D eigenvalue weighted by molar-refractivity contribution is 0.109. The minimum Gasteiger partial charge on any atom is -0.440 e. The lowest BCUT2D eigenvalue weighted by Crippen LogP contribution is -2.39. The highest BCUT2D eigenvalue weighted by Gasteiger charge is 2.29. The molecule has 7 heteroatoms. The molecule has 1 aromatic rings. The van der Waals surface area contributed by atoms with E-state index in [1.54, 1.807) is 13.8 Å². The molecule has 0 saturated heterocycles. The lowest BCUT2D eigenvalue weighted by Gasteiger charge is -2.24. The van der Waals surface area contributed by atoms with Crippen LogP contribution in [0, 0.1) is 0 Å². The van der Waals surface area contributed by atoms with Crippen LogP contribution in [0.25, 0.3) is 0 Å². The SMILES string of the molecule is COCCN(C(C)C)S(=O)(=O)c1ccc(C=O)o1. The molecular formula is C11H17NO5S. The van der Waals surface area contributed by atoms with Gasteiger partial charge in [-0.2, -0.15) is 4.31 Å². The Morgan fingerprint density at radius 3 is 2.56 bits per heavy atom. The Hall–Kier alpha value is -1.18. The Labute approximate surface area is 107 Å². The number of hydrogen-bond acceptors (Lipinski definition) is 5. The van der Waals surface area contributed by atoms with Crippen molar-refractivity contribution in [1.29, 1.82) is 0 Å². The lowest BCUT2D eigenvalue weighted by atomic mass is 10.4. The molecule has 0 N–H and O–H groups in total. The van der Waals surface area contributed by atoms with Crippen molar-refractivity contribution in [1.82, 2.24) is 4.31 Å². The molecule has 0 saturated carbocycles. The van der Waals surface area contributed by atoms with Crippen molar-refractivity contribution in [2.45, 2.75) is 25.0 Å². The van der Waals surface area contributed by atoms with Gasteiger partial charge in [-0.1, -0.05) is 0 Å². The zero-order valence-electron chi connectivity index (χ0n) is 10.6. The van der Waals surface area contributed by atoms with Gasteiger partial charge in [-0.15, -0.1) is 0 Å². The van der Waals surface area contributed by atoms with Gasteiger partial charge in [-0.25, -0.2) is 8.42 Å². The number of carbonyl (C=O) groups is 1. The van der Waals surface area contributed by atoms with Crippen molar-refractivity contribution in [2.24, 2.45) is 0 Å². The van der Waals surface area contributed by atoms with Gasteiger partial charge in [0.05, 0.1) is 6.61 Å². The maximum absolute atomic E-state index is 12.3. The fourth-order valence-electron chi connectivity index (χ4n) is 1.49. The second kappa shape index (κ2) is 6.12. The summed E-state index contributed by atoms with van der Waals surface area (Å²) >= 11 is 0. The molecule has 18 heavy (non-hydrogen) atoms. The van der Waals surface area contributed by atoms with Crippen LogP contribution in [-0.4, -0.2) is 45.3 Å². The maximum atomic E-state index is 12.3. The van der Waals surface area contributed by atoms with Gasteiger partial charge in [-0.3, -0.25) is 4.79 Å². The zero-order valence-corrected chi connectivity index (χ0v) is 11.4. The molecule has 1 rings (SSSR count). The zero-order chi connectivity index (χ0) is 13.8. The van der Waals surface area contributed by atoms with Crippen LogP contribution in [0.1, 0.15) is 24.4 Å². The third-order valence-corrected chi connectivity index (χ3v) is 4.32. The Morgan fingerprint density at radius 2 is 2.11 bits per heavy atom. The van der Waals surface area contributed by atoms with Crippen LogP contribution in [0.5, 0.6) is 0 Å². The first-order valence-corrected chi connectivity index (χ1v) is 6.93. The van der Waals surface area contributed by atoms with Gasteiger partial charge in [0.25, 0.3) is 10.0 Å². The average molecular weight is 275 g/mol. The Balaban J connectivity index is 3.04. The van der Waals surface area contributed by atoms with E-state index in [0.29, 0.717) is 12.9 Å². The van der Waals surface area contributed by atoms with Crippen LogP contribution >= 0.6 is 0 Å². The Kier molecular flexibility index (Phi) is 5.06. The second-order valence-corrected chi connectivity index (χ2v) is 5.80. The molecule has 0 spiro atoms. The summed E-state index contributed by atoms with van der Waals surface area (Å²) in [5, 5.41) is -0.227. The van der Waals surface area contributed by atoms with Crippen molar-refractivity contribution in [3.05, 3.63) is 17.9 Å². The quantitative estimate of drug-likeness (QED) is 0.697. The first kappa shape index (κ1) is 14.9. The number of rotatable bonds is 7. The number of carbonyl (C=O) groups excluding carboxylic acids is 1. The molecule has 0 aromatic carbocycles. The van der Waals surface area contributed by atoms with Crippen molar-refractivity contribution in [2.75, 3.05) is 20.3 Å². The molecule has 1 aromatic heterocycles. The van der Waals surface area contributed by atoms with Crippen LogP contribution in [0.4, 0.5) is 0 Å². The van der Waals surface area contributed by atoms with Gasteiger partial charge in [-0.05, 0) is 26.0 Å². The normalized spacial score (nSPS) is 12.3. The molecular weight excluding hydrogens is 258 g/mol. The first-order chi connectivity index (χ1) is 8.43. The van der Waals surface area contributed by atoms with Crippen LogP contribution in [-0.2, 0) is 14.8 Å². The standard InChI is InChI=1S/C11H17NO5S/c1-9(2)12(6-7-16-3)18(14,15)11-5-4-10(8-13)17-11/h4-5,8-9H,6-7H2,1-3H3. The van der Waals surface area contributed by atoms with Crippen molar-refractivity contribution in [3.8, 4) is 0 Å². The molecule has 0 aliphatic carbocycles. The number of ether oxygens (including phenoxy) is 1. The molecule has 102 valence electrons. The van der Waals surface area contributed by atoms with Gasteiger partial charge in [0, 0.05) is 19.7 Å². The molecule has 0 amide bonds. The number of aldehydes is 1. The molecule has 0 bridgehead atoms. The Morgan fingerprint density at radius 1 is 1.44 bits per heavy atom. The molecule has 0 aliphatic heterocycles. The molecule has 0 unspecified atom stereocenters. The van der Waals surface area contributed by atoms with Crippen LogP contribution in [0.15, 0.2) is 21.6 Å². The van der Waals surface area contributed by atoms with Crippen LogP contribution < -0.4 is 0 Å². The topological polar surface area (TPSA) is 76.8 Å². The molecule has 0 radical (unpaired) electrons. The van der Waals surface area contributed by atoms with E-state index in [-0.39, 0.29) is 23.4 Å². The van der Waals surface area contributed by atoms with Gasteiger partial charge < -0.3 is 9.15 Å². The Bertz CT molecular complexity index is 491. The summed E-state index contributed by atoms with van der Waals surface area (Å²) in [7, 11) is -2.23. The summed E-state index contributed by atoms with van der Waals surface area (Å²) in [5.74, 6) is -0.0102. The third-order valence-electron chi connectivity index (χ3n) is 2.37. The summed E-state index contributed by atoms with van der Waals surface area (Å²) in [5.41, 5.74) is 0. The van der Waals surface area contributed by atoms with Gasteiger partial charge >= 0.3 is 0 Å². The summed E-state index contributed by atoms with van der Waals surface area (Å²) < 4.78 is 35.7. The highest BCUT2D eigenvalue weighted by molar-refractivity contribution is 7.89. The largest absolute Gasteiger partial charge is 0.440 e. The van der Waals surface area contributed by atoms with E-state index < -0.39 is 10.0 Å². The predicted molar refractivity (Wildman–Crippen MR) is 65.0 cm³/mol. The molecule has 6 nitrogen and oxygen atoms in total. The second-order valence-electron chi connectivity index (χ2n) is 3.98. The monoisotopic (exact) mass is 275 g/mol. The summed E-state index contributed by atoms with van der Waals surface area (Å²) in [6, 6.07) is 2.38. The van der Waals surface area contributed by atoms with E-state index in [0.717, 1.165) is 0 Å². The van der Waals surface area contributed by atoms with Crippen LogP contribution in [0.2, 0.25) is 0 Å². The molecule has 0 aliphatic rings. The molecule has 0 atom stereocenters. The minimum atomic E-state index is -3.73. The van der Waals surface area contributed by atoms with Gasteiger partial charge in [0.15, 0.2) is 12.0 Å². The number of methoxy groups -OCH3 is 1. The summed E-state index contributed by atoms with van der Waals surface area (Å²) in [4.78, 5) is 10.5. The maximum Gasteiger partial charge on any atom is 0.276 e. The van der Waals surface area contributed by atoms with Crippen molar-refractivity contribution in [3.63, 3.8) is 0 Å². The minimum absolute atomic E-state index is 0.0102. The van der Waals surface area contributed by atoms with E-state index >= 15 is 0 Å². The van der Waals surface area contributed by atoms with Crippen molar-refractivity contribution < 1.29 is 22.4 Å². The highest BCUT2D eigenvalue weighted by Crippen LogP contribution is 2.20. The first-order valence-electron chi connectivity index (χ1n) is 5.49. The fraction of sp³-hybridized carbons (Fsp3) is 0.545. The molecule has 0 fully saturated rings. The fourth-order valence-corrected chi connectivity index (χ4v) is 3.03. The smallest absolute Gasteiger partial charge is 0.276 e. The highest BCUT2D eigenvalue weighted by atomic mass is 32.2. The summed E-state index contributed by atoms with van der Waals surface area (Å²) in [6.07, 6.45) is 0.466. The van der Waals surface area contributed by atoms with Gasteiger partial charge in [0.1, 0.15) is 0 Å². The number of sulfonamides is 1. The van der Waals surface area contributed by atoms with E-state index in [1.807, 2.05) is 0 Å².